The quantitative estimate of drug-likeness (QED) is 0.868. The second-order valence-electron chi connectivity index (χ2n) is 6.21. The summed E-state index contributed by atoms with van der Waals surface area (Å²) in [4.78, 5) is 2.49. The zero-order valence-electron chi connectivity index (χ0n) is 12.9. The van der Waals surface area contributed by atoms with E-state index in [2.05, 4.69) is 31.7 Å². The molecule has 1 N–H and O–H groups in total. The lowest BCUT2D eigenvalue weighted by molar-refractivity contribution is 0.116. The Morgan fingerprint density at radius 3 is 2.80 bits per heavy atom. The van der Waals surface area contributed by atoms with Gasteiger partial charge in [0.2, 0.25) is 0 Å². The molecule has 2 unspecified atom stereocenters. The fourth-order valence-electron chi connectivity index (χ4n) is 2.92. The number of aliphatic hydroxyl groups excluding tert-OH is 1. The summed E-state index contributed by atoms with van der Waals surface area (Å²) >= 11 is 0. The van der Waals surface area contributed by atoms with E-state index in [0.29, 0.717) is 18.6 Å². The van der Waals surface area contributed by atoms with E-state index in [0.717, 1.165) is 18.8 Å². The molecule has 1 aliphatic rings. The minimum atomic E-state index is 0.211. The molecule has 1 heterocycles. The highest BCUT2D eigenvalue weighted by Crippen LogP contribution is 2.26. The SMILES string of the molecule is Cc1cccc(OCC(CO)C2CCN(C(C)C)C2)c1. The average Bonchev–Trinajstić information content (AvgIpc) is 2.89. The molecule has 0 saturated carbocycles. The molecular formula is C17H27NO2. The summed E-state index contributed by atoms with van der Waals surface area (Å²) in [6.07, 6.45) is 1.17. The Kier molecular flexibility index (Phi) is 5.44. The second kappa shape index (κ2) is 7.09. The molecule has 1 fully saturated rings. The third-order valence-corrected chi connectivity index (χ3v) is 4.34. The Bertz CT molecular complexity index is 419. The minimum Gasteiger partial charge on any atom is -0.493 e. The maximum Gasteiger partial charge on any atom is 0.119 e. The van der Waals surface area contributed by atoms with E-state index >= 15 is 0 Å². The van der Waals surface area contributed by atoms with Gasteiger partial charge in [0.05, 0.1) is 6.61 Å². The lowest BCUT2D eigenvalue weighted by Gasteiger charge is -2.24. The Labute approximate surface area is 122 Å². The van der Waals surface area contributed by atoms with Crippen LogP contribution in [-0.4, -0.2) is 42.4 Å². The van der Waals surface area contributed by atoms with Crippen LogP contribution in [0.5, 0.6) is 5.75 Å². The van der Waals surface area contributed by atoms with Gasteiger partial charge in [0, 0.05) is 25.1 Å². The van der Waals surface area contributed by atoms with Gasteiger partial charge in [-0.2, -0.15) is 0 Å². The third-order valence-electron chi connectivity index (χ3n) is 4.34. The van der Waals surface area contributed by atoms with Gasteiger partial charge >= 0.3 is 0 Å². The van der Waals surface area contributed by atoms with E-state index in [9.17, 15) is 5.11 Å². The van der Waals surface area contributed by atoms with Crippen LogP contribution in [0, 0.1) is 18.8 Å². The van der Waals surface area contributed by atoms with Gasteiger partial charge < -0.3 is 14.7 Å². The van der Waals surface area contributed by atoms with Crippen LogP contribution < -0.4 is 4.74 Å². The first kappa shape index (κ1) is 15.3. The van der Waals surface area contributed by atoms with Gasteiger partial charge in [-0.15, -0.1) is 0 Å². The highest BCUT2D eigenvalue weighted by Gasteiger charge is 2.30. The molecule has 2 atom stereocenters. The normalized spacial score (nSPS) is 21.4. The molecule has 3 nitrogen and oxygen atoms in total. The molecule has 3 heteroatoms. The topological polar surface area (TPSA) is 32.7 Å². The van der Waals surface area contributed by atoms with Crippen molar-refractivity contribution in [3.8, 4) is 5.75 Å². The minimum absolute atomic E-state index is 0.211. The summed E-state index contributed by atoms with van der Waals surface area (Å²) in [7, 11) is 0. The first-order chi connectivity index (χ1) is 9.60. The van der Waals surface area contributed by atoms with Gasteiger partial charge in [-0.3, -0.25) is 0 Å². The van der Waals surface area contributed by atoms with E-state index in [1.165, 1.54) is 12.0 Å². The summed E-state index contributed by atoms with van der Waals surface area (Å²) < 4.78 is 5.87. The number of ether oxygens (including phenoxy) is 1. The summed E-state index contributed by atoms with van der Waals surface area (Å²) in [5, 5.41) is 9.65. The number of likely N-dealkylation sites (tertiary alicyclic amines) is 1. The predicted molar refractivity (Wildman–Crippen MR) is 82.1 cm³/mol. The van der Waals surface area contributed by atoms with Crippen molar-refractivity contribution in [2.24, 2.45) is 11.8 Å². The largest absolute Gasteiger partial charge is 0.493 e. The smallest absolute Gasteiger partial charge is 0.119 e. The van der Waals surface area contributed by atoms with Crippen LogP contribution in [0.4, 0.5) is 0 Å². The average molecular weight is 277 g/mol. The van der Waals surface area contributed by atoms with Gasteiger partial charge in [0.1, 0.15) is 5.75 Å². The number of rotatable bonds is 6. The van der Waals surface area contributed by atoms with Gasteiger partial charge in [0.25, 0.3) is 0 Å². The number of nitrogens with zero attached hydrogens (tertiary/aromatic N) is 1. The Morgan fingerprint density at radius 2 is 2.20 bits per heavy atom. The number of benzene rings is 1. The fourth-order valence-corrected chi connectivity index (χ4v) is 2.92. The molecule has 1 saturated heterocycles. The van der Waals surface area contributed by atoms with Crippen LogP contribution in [0.3, 0.4) is 0 Å². The van der Waals surface area contributed by atoms with Crippen molar-refractivity contribution < 1.29 is 9.84 Å². The van der Waals surface area contributed by atoms with Crippen molar-refractivity contribution in [3.63, 3.8) is 0 Å². The molecule has 0 bridgehead atoms. The molecule has 1 aliphatic heterocycles. The maximum absolute atomic E-state index is 9.65. The molecule has 1 aromatic carbocycles. The highest BCUT2D eigenvalue weighted by atomic mass is 16.5. The summed E-state index contributed by atoms with van der Waals surface area (Å²) in [5.74, 6) is 1.69. The van der Waals surface area contributed by atoms with Gasteiger partial charge in [-0.1, -0.05) is 12.1 Å². The number of hydrogen-bond acceptors (Lipinski definition) is 3. The van der Waals surface area contributed by atoms with Gasteiger partial charge in [-0.25, -0.2) is 0 Å². The number of aryl methyl sites for hydroxylation is 1. The Hall–Kier alpha value is -1.06. The van der Waals surface area contributed by atoms with Gasteiger partial charge in [0.15, 0.2) is 0 Å². The molecule has 112 valence electrons. The molecule has 20 heavy (non-hydrogen) atoms. The number of hydrogen-bond donors (Lipinski definition) is 1. The van der Waals surface area contributed by atoms with E-state index < -0.39 is 0 Å². The van der Waals surface area contributed by atoms with Crippen molar-refractivity contribution in [3.05, 3.63) is 29.8 Å². The standard InChI is InChI=1S/C17H27NO2/c1-13(2)18-8-7-15(10-18)16(11-19)12-20-17-6-4-5-14(3)9-17/h4-6,9,13,15-16,19H,7-8,10-12H2,1-3H3. The van der Waals surface area contributed by atoms with Crippen molar-refractivity contribution in [2.75, 3.05) is 26.3 Å². The zero-order chi connectivity index (χ0) is 14.5. The van der Waals surface area contributed by atoms with E-state index in [4.69, 9.17) is 4.74 Å². The molecule has 0 amide bonds. The molecule has 0 spiro atoms. The lowest BCUT2D eigenvalue weighted by Crippen LogP contribution is -2.31. The Balaban J connectivity index is 1.87. The maximum atomic E-state index is 9.65. The monoisotopic (exact) mass is 277 g/mol. The fraction of sp³-hybridized carbons (Fsp3) is 0.647. The second-order valence-corrected chi connectivity index (χ2v) is 6.21. The Morgan fingerprint density at radius 1 is 1.40 bits per heavy atom. The van der Waals surface area contributed by atoms with Crippen LogP contribution >= 0.6 is 0 Å². The first-order valence-corrected chi connectivity index (χ1v) is 7.64. The van der Waals surface area contributed by atoms with E-state index in [1.807, 2.05) is 18.2 Å². The van der Waals surface area contributed by atoms with Crippen molar-refractivity contribution >= 4 is 0 Å². The van der Waals surface area contributed by atoms with Crippen molar-refractivity contribution in [1.29, 1.82) is 0 Å². The molecule has 1 aromatic rings. The molecule has 0 aliphatic carbocycles. The van der Waals surface area contributed by atoms with Crippen LogP contribution in [0.1, 0.15) is 25.8 Å². The van der Waals surface area contributed by atoms with Crippen LogP contribution in [0.25, 0.3) is 0 Å². The van der Waals surface area contributed by atoms with Crippen LogP contribution in [-0.2, 0) is 0 Å². The van der Waals surface area contributed by atoms with Crippen molar-refractivity contribution in [2.45, 2.75) is 33.2 Å². The van der Waals surface area contributed by atoms with Crippen molar-refractivity contribution in [1.82, 2.24) is 4.90 Å². The third kappa shape index (κ3) is 3.97. The summed E-state index contributed by atoms with van der Waals surface area (Å²) in [6, 6.07) is 8.69. The van der Waals surface area contributed by atoms with Crippen LogP contribution in [0.2, 0.25) is 0 Å². The molecule has 0 aromatic heterocycles. The first-order valence-electron chi connectivity index (χ1n) is 7.64. The molecule has 2 rings (SSSR count). The summed E-state index contributed by atoms with van der Waals surface area (Å²) in [5.41, 5.74) is 1.20. The number of aliphatic hydroxyl groups is 1. The highest BCUT2D eigenvalue weighted by molar-refractivity contribution is 5.27. The molecule has 0 radical (unpaired) electrons. The lowest BCUT2D eigenvalue weighted by atomic mass is 9.93. The summed E-state index contributed by atoms with van der Waals surface area (Å²) in [6.45, 7) is 9.58. The zero-order valence-corrected chi connectivity index (χ0v) is 12.9. The van der Waals surface area contributed by atoms with E-state index in [-0.39, 0.29) is 12.5 Å². The van der Waals surface area contributed by atoms with E-state index in [1.54, 1.807) is 0 Å². The van der Waals surface area contributed by atoms with Crippen LogP contribution in [0.15, 0.2) is 24.3 Å². The molecular weight excluding hydrogens is 250 g/mol. The van der Waals surface area contributed by atoms with Gasteiger partial charge in [-0.05, 0) is 57.4 Å². The predicted octanol–water partition coefficient (Wildman–Crippen LogP) is 2.71.